The van der Waals surface area contributed by atoms with Gasteiger partial charge in [-0.3, -0.25) is 5.10 Å². The fourth-order valence-corrected chi connectivity index (χ4v) is 2.42. The van der Waals surface area contributed by atoms with E-state index in [2.05, 4.69) is 10.2 Å². The quantitative estimate of drug-likeness (QED) is 0.652. The first-order valence-corrected chi connectivity index (χ1v) is 5.76. The molecule has 15 heavy (non-hydrogen) atoms. The van der Waals surface area contributed by atoms with Gasteiger partial charge in [0.25, 0.3) is 0 Å². The Hall–Kier alpha value is -1.03. The van der Waals surface area contributed by atoms with Crippen LogP contribution >= 0.6 is 0 Å². The second kappa shape index (κ2) is 4.66. The third-order valence-electron chi connectivity index (χ3n) is 3.36. The van der Waals surface area contributed by atoms with Crippen LogP contribution in [0.15, 0.2) is 6.20 Å². The molecule has 0 radical (unpaired) electrons. The number of rotatable bonds is 2. The summed E-state index contributed by atoms with van der Waals surface area (Å²) in [6.45, 7) is 0. The number of hydrogen-bond acceptors (Lipinski definition) is 3. The molecule has 84 valence electrons. The first kappa shape index (κ1) is 10.5. The molecule has 1 aliphatic carbocycles. The van der Waals surface area contributed by atoms with Crippen LogP contribution in [0.5, 0.6) is 0 Å². The van der Waals surface area contributed by atoms with Crippen molar-refractivity contribution in [2.75, 3.05) is 5.73 Å². The standard InChI is InChI=1S/C11H19N3O/c12-11-9(7-13-14-11)10(15)8-5-3-1-2-4-6-8/h7-8,10,15H,1-6H2,(H3,12,13,14). The molecule has 0 aliphatic heterocycles. The van der Waals surface area contributed by atoms with Crippen molar-refractivity contribution in [3.8, 4) is 0 Å². The van der Waals surface area contributed by atoms with Gasteiger partial charge in [-0.1, -0.05) is 25.7 Å². The van der Waals surface area contributed by atoms with Crippen LogP contribution in [0.25, 0.3) is 0 Å². The zero-order valence-corrected chi connectivity index (χ0v) is 8.95. The van der Waals surface area contributed by atoms with Crippen LogP contribution in [0.2, 0.25) is 0 Å². The van der Waals surface area contributed by atoms with Crippen LogP contribution in [0.4, 0.5) is 5.82 Å². The summed E-state index contributed by atoms with van der Waals surface area (Å²) in [5.41, 5.74) is 6.47. The highest BCUT2D eigenvalue weighted by atomic mass is 16.3. The number of aromatic amines is 1. The van der Waals surface area contributed by atoms with Crippen LogP contribution in [-0.2, 0) is 0 Å². The summed E-state index contributed by atoms with van der Waals surface area (Å²) >= 11 is 0. The Kier molecular flexibility index (Phi) is 3.26. The minimum atomic E-state index is -0.443. The van der Waals surface area contributed by atoms with E-state index in [0.717, 1.165) is 18.4 Å². The molecule has 0 saturated heterocycles. The van der Waals surface area contributed by atoms with Gasteiger partial charge in [0.15, 0.2) is 0 Å². The maximum absolute atomic E-state index is 10.2. The fraction of sp³-hybridized carbons (Fsp3) is 0.727. The summed E-state index contributed by atoms with van der Waals surface area (Å²) in [6.07, 6.45) is 8.44. The minimum Gasteiger partial charge on any atom is -0.388 e. The highest BCUT2D eigenvalue weighted by molar-refractivity contribution is 5.38. The first-order valence-electron chi connectivity index (χ1n) is 5.76. The molecule has 1 aromatic heterocycles. The molecule has 1 fully saturated rings. The summed E-state index contributed by atoms with van der Waals surface area (Å²) in [5, 5.41) is 16.7. The van der Waals surface area contributed by atoms with Crippen LogP contribution in [-0.4, -0.2) is 15.3 Å². The molecule has 1 saturated carbocycles. The number of hydrogen-bond donors (Lipinski definition) is 3. The van der Waals surface area contributed by atoms with Crippen LogP contribution in [0.1, 0.15) is 50.2 Å². The molecule has 1 aliphatic rings. The van der Waals surface area contributed by atoms with Gasteiger partial charge < -0.3 is 10.8 Å². The predicted molar refractivity (Wildman–Crippen MR) is 59.2 cm³/mol. The molecule has 0 bridgehead atoms. The van der Waals surface area contributed by atoms with Crippen molar-refractivity contribution >= 4 is 5.82 Å². The largest absolute Gasteiger partial charge is 0.388 e. The summed E-state index contributed by atoms with van der Waals surface area (Å²) in [4.78, 5) is 0. The van der Waals surface area contributed by atoms with Gasteiger partial charge in [-0.25, -0.2) is 0 Å². The van der Waals surface area contributed by atoms with Crippen molar-refractivity contribution in [2.45, 2.75) is 44.6 Å². The first-order chi connectivity index (χ1) is 7.29. The molecule has 2 rings (SSSR count). The number of aliphatic hydroxyl groups is 1. The molecule has 1 unspecified atom stereocenters. The van der Waals surface area contributed by atoms with E-state index in [4.69, 9.17) is 5.73 Å². The normalized spacial score (nSPS) is 21.1. The molecular formula is C11H19N3O. The van der Waals surface area contributed by atoms with E-state index in [1.165, 1.54) is 25.7 Å². The molecule has 0 amide bonds. The molecule has 0 aromatic carbocycles. The zero-order valence-electron chi connectivity index (χ0n) is 8.95. The number of anilines is 1. The third-order valence-corrected chi connectivity index (χ3v) is 3.36. The van der Waals surface area contributed by atoms with Crippen LogP contribution in [0.3, 0.4) is 0 Å². The van der Waals surface area contributed by atoms with Crippen molar-refractivity contribution in [1.82, 2.24) is 10.2 Å². The third kappa shape index (κ3) is 2.31. The summed E-state index contributed by atoms with van der Waals surface area (Å²) in [6, 6.07) is 0. The number of nitrogens with two attached hydrogens (primary N) is 1. The lowest BCUT2D eigenvalue weighted by Crippen LogP contribution is -2.12. The molecule has 0 spiro atoms. The molecule has 4 heteroatoms. The molecule has 1 heterocycles. The number of aliphatic hydroxyl groups excluding tert-OH is 1. The predicted octanol–water partition coefficient (Wildman–Crippen LogP) is 2.00. The second-order valence-electron chi connectivity index (χ2n) is 4.44. The van der Waals surface area contributed by atoms with Crippen molar-refractivity contribution in [3.63, 3.8) is 0 Å². The maximum atomic E-state index is 10.2. The Morgan fingerprint density at radius 2 is 2.00 bits per heavy atom. The monoisotopic (exact) mass is 209 g/mol. The molecule has 4 nitrogen and oxygen atoms in total. The van der Waals surface area contributed by atoms with Gasteiger partial charge in [0, 0.05) is 5.56 Å². The average Bonchev–Trinajstić information content (AvgIpc) is 2.53. The van der Waals surface area contributed by atoms with Crippen LogP contribution in [0, 0.1) is 5.92 Å². The average molecular weight is 209 g/mol. The Morgan fingerprint density at radius 1 is 1.33 bits per heavy atom. The second-order valence-corrected chi connectivity index (χ2v) is 4.44. The fourth-order valence-electron chi connectivity index (χ4n) is 2.42. The zero-order chi connectivity index (χ0) is 10.7. The summed E-state index contributed by atoms with van der Waals surface area (Å²) < 4.78 is 0. The van der Waals surface area contributed by atoms with Crippen molar-refractivity contribution < 1.29 is 5.11 Å². The smallest absolute Gasteiger partial charge is 0.124 e. The number of nitrogen functional groups attached to an aromatic ring is 1. The minimum absolute atomic E-state index is 0.354. The Morgan fingerprint density at radius 3 is 2.53 bits per heavy atom. The van der Waals surface area contributed by atoms with Crippen molar-refractivity contribution in [3.05, 3.63) is 11.8 Å². The molecule has 4 N–H and O–H groups in total. The molecule has 1 aromatic rings. The number of aromatic nitrogens is 2. The van der Waals surface area contributed by atoms with Gasteiger partial charge >= 0.3 is 0 Å². The summed E-state index contributed by atoms with van der Waals surface area (Å²) in [5.74, 6) is 0.860. The number of nitrogens with zero attached hydrogens (tertiary/aromatic N) is 1. The van der Waals surface area contributed by atoms with E-state index < -0.39 is 6.10 Å². The van der Waals surface area contributed by atoms with Gasteiger partial charge in [0.05, 0.1) is 12.3 Å². The molecular weight excluding hydrogens is 190 g/mol. The highest BCUT2D eigenvalue weighted by Gasteiger charge is 2.24. The highest BCUT2D eigenvalue weighted by Crippen LogP contribution is 2.34. The van der Waals surface area contributed by atoms with E-state index in [-0.39, 0.29) is 0 Å². The van der Waals surface area contributed by atoms with Crippen molar-refractivity contribution in [1.29, 1.82) is 0 Å². The van der Waals surface area contributed by atoms with Gasteiger partial charge in [-0.05, 0) is 18.8 Å². The SMILES string of the molecule is Nc1[nH]ncc1C(O)C1CCCCCC1. The number of H-pyrrole nitrogens is 1. The van der Waals surface area contributed by atoms with Gasteiger partial charge in [-0.2, -0.15) is 5.10 Å². The summed E-state index contributed by atoms with van der Waals surface area (Å²) in [7, 11) is 0. The van der Waals surface area contributed by atoms with Gasteiger partial charge in [0.1, 0.15) is 5.82 Å². The Labute approximate surface area is 89.9 Å². The Bertz CT molecular complexity index is 303. The maximum Gasteiger partial charge on any atom is 0.124 e. The number of nitrogens with one attached hydrogen (secondary N) is 1. The van der Waals surface area contributed by atoms with E-state index >= 15 is 0 Å². The lowest BCUT2D eigenvalue weighted by Gasteiger charge is -2.20. The van der Waals surface area contributed by atoms with Gasteiger partial charge in [-0.15, -0.1) is 0 Å². The topological polar surface area (TPSA) is 74.9 Å². The van der Waals surface area contributed by atoms with E-state index in [1.807, 2.05) is 0 Å². The van der Waals surface area contributed by atoms with E-state index in [1.54, 1.807) is 6.20 Å². The van der Waals surface area contributed by atoms with Gasteiger partial charge in [0.2, 0.25) is 0 Å². The Balaban J connectivity index is 2.06. The van der Waals surface area contributed by atoms with Crippen LogP contribution < -0.4 is 5.73 Å². The lowest BCUT2D eigenvalue weighted by atomic mass is 9.90. The molecule has 1 atom stereocenters. The van der Waals surface area contributed by atoms with E-state index in [9.17, 15) is 5.11 Å². The van der Waals surface area contributed by atoms with E-state index in [0.29, 0.717) is 11.7 Å². The lowest BCUT2D eigenvalue weighted by molar-refractivity contribution is 0.0995. The van der Waals surface area contributed by atoms with Crippen molar-refractivity contribution in [2.24, 2.45) is 5.92 Å².